The highest BCUT2D eigenvalue weighted by molar-refractivity contribution is 7.99. The predicted octanol–water partition coefficient (Wildman–Crippen LogP) is 2.26. The van der Waals surface area contributed by atoms with E-state index in [9.17, 15) is 4.79 Å². The molecule has 0 N–H and O–H groups in total. The van der Waals surface area contributed by atoms with Crippen molar-refractivity contribution < 1.29 is 4.79 Å². The number of aromatic nitrogens is 1. The number of carbonyl (C=O) groups excluding carboxylic acids is 1. The standard InChI is InChI=1S/C20H30N4OS/c25-20(19(23-8-1-2-9-23)17-4-3-7-21-16-17)24-10-5-18(6-11-24)22-12-14-26-15-13-22/h3-4,7,16,18-19H,1-2,5-6,8-15H2. The minimum absolute atomic E-state index is 0.144. The van der Waals surface area contributed by atoms with E-state index in [-0.39, 0.29) is 11.9 Å². The molecule has 0 bridgehead atoms. The zero-order valence-corrected chi connectivity index (χ0v) is 16.4. The van der Waals surface area contributed by atoms with Crippen molar-refractivity contribution in [2.45, 2.75) is 37.8 Å². The summed E-state index contributed by atoms with van der Waals surface area (Å²) in [7, 11) is 0. The molecule has 26 heavy (non-hydrogen) atoms. The zero-order chi connectivity index (χ0) is 17.8. The van der Waals surface area contributed by atoms with Crippen LogP contribution in [0.25, 0.3) is 0 Å². The first-order valence-corrected chi connectivity index (χ1v) is 11.2. The molecule has 0 saturated carbocycles. The third-order valence-corrected chi connectivity index (χ3v) is 7.02. The summed E-state index contributed by atoms with van der Waals surface area (Å²) in [4.78, 5) is 24.8. The first-order chi connectivity index (χ1) is 12.8. The normalized spacial score (nSPS) is 24.7. The molecule has 0 aliphatic carbocycles. The van der Waals surface area contributed by atoms with Gasteiger partial charge in [0.05, 0.1) is 0 Å². The lowest BCUT2D eigenvalue weighted by Crippen LogP contribution is -2.51. The summed E-state index contributed by atoms with van der Waals surface area (Å²) < 4.78 is 0. The fourth-order valence-corrected chi connectivity index (χ4v) is 5.55. The Kier molecular flexibility index (Phi) is 6.12. The Morgan fingerprint density at radius 3 is 2.46 bits per heavy atom. The van der Waals surface area contributed by atoms with Crippen molar-refractivity contribution in [1.82, 2.24) is 19.7 Å². The topological polar surface area (TPSA) is 39.7 Å². The van der Waals surface area contributed by atoms with Crippen molar-refractivity contribution in [2.24, 2.45) is 0 Å². The van der Waals surface area contributed by atoms with Gasteiger partial charge in [0.15, 0.2) is 0 Å². The van der Waals surface area contributed by atoms with Gasteiger partial charge in [0, 0.05) is 56.1 Å². The van der Waals surface area contributed by atoms with Crippen molar-refractivity contribution in [3.8, 4) is 0 Å². The van der Waals surface area contributed by atoms with Gasteiger partial charge in [0.1, 0.15) is 6.04 Å². The number of carbonyl (C=O) groups is 1. The molecule has 0 radical (unpaired) electrons. The van der Waals surface area contributed by atoms with E-state index in [2.05, 4.69) is 37.5 Å². The predicted molar refractivity (Wildman–Crippen MR) is 106 cm³/mol. The SMILES string of the molecule is O=C(C(c1cccnc1)N1CCCC1)N1CCC(N2CCSCC2)CC1. The van der Waals surface area contributed by atoms with Crippen molar-refractivity contribution >= 4 is 17.7 Å². The number of hydrogen-bond acceptors (Lipinski definition) is 5. The Hall–Kier alpha value is -1.11. The summed E-state index contributed by atoms with van der Waals surface area (Å²) >= 11 is 2.07. The van der Waals surface area contributed by atoms with E-state index < -0.39 is 0 Å². The molecule has 4 rings (SSSR count). The van der Waals surface area contributed by atoms with Gasteiger partial charge < -0.3 is 4.90 Å². The molecule has 1 aromatic rings. The molecular weight excluding hydrogens is 344 g/mol. The van der Waals surface area contributed by atoms with E-state index in [1.165, 1.54) is 37.4 Å². The highest BCUT2D eigenvalue weighted by Gasteiger charge is 2.35. The van der Waals surface area contributed by atoms with Gasteiger partial charge in [-0.05, 0) is 50.4 Å². The van der Waals surface area contributed by atoms with Crippen molar-refractivity contribution in [2.75, 3.05) is 50.8 Å². The lowest BCUT2D eigenvalue weighted by Gasteiger charge is -2.41. The largest absolute Gasteiger partial charge is 0.341 e. The van der Waals surface area contributed by atoms with Crippen LogP contribution in [0.4, 0.5) is 0 Å². The molecule has 4 heterocycles. The van der Waals surface area contributed by atoms with E-state index in [0.717, 1.165) is 44.6 Å². The maximum Gasteiger partial charge on any atom is 0.244 e. The Labute approximate surface area is 161 Å². The lowest BCUT2D eigenvalue weighted by molar-refractivity contribution is -0.138. The van der Waals surface area contributed by atoms with Gasteiger partial charge in [-0.2, -0.15) is 11.8 Å². The molecule has 0 aromatic carbocycles. The first-order valence-electron chi connectivity index (χ1n) is 10.1. The second-order valence-electron chi connectivity index (χ2n) is 7.64. The van der Waals surface area contributed by atoms with Gasteiger partial charge in [-0.1, -0.05) is 6.07 Å². The molecule has 5 nitrogen and oxygen atoms in total. The summed E-state index contributed by atoms with van der Waals surface area (Å²) in [5.74, 6) is 2.81. The molecular formula is C20H30N4OS. The summed E-state index contributed by atoms with van der Waals surface area (Å²) in [6.45, 7) is 6.28. The van der Waals surface area contributed by atoms with E-state index in [0.29, 0.717) is 6.04 Å². The average Bonchev–Trinajstić information content (AvgIpc) is 3.24. The first kappa shape index (κ1) is 18.3. The molecule has 3 fully saturated rings. The minimum Gasteiger partial charge on any atom is -0.341 e. The summed E-state index contributed by atoms with van der Waals surface area (Å²) in [6, 6.07) is 4.54. The van der Waals surface area contributed by atoms with Crippen molar-refractivity contribution in [1.29, 1.82) is 0 Å². The van der Waals surface area contributed by atoms with Crippen molar-refractivity contribution in [3.63, 3.8) is 0 Å². The third kappa shape index (κ3) is 4.07. The summed E-state index contributed by atoms with van der Waals surface area (Å²) in [6.07, 6.45) is 8.29. The zero-order valence-electron chi connectivity index (χ0n) is 15.6. The highest BCUT2D eigenvalue weighted by Crippen LogP contribution is 2.29. The third-order valence-electron chi connectivity index (χ3n) is 6.08. The van der Waals surface area contributed by atoms with Gasteiger partial charge >= 0.3 is 0 Å². The average molecular weight is 375 g/mol. The van der Waals surface area contributed by atoms with Crippen LogP contribution < -0.4 is 0 Å². The molecule has 142 valence electrons. The summed E-state index contributed by atoms with van der Waals surface area (Å²) in [5, 5.41) is 0. The monoisotopic (exact) mass is 374 g/mol. The molecule has 1 atom stereocenters. The maximum absolute atomic E-state index is 13.4. The molecule has 3 aliphatic rings. The van der Waals surface area contributed by atoms with Crippen LogP contribution in [-0.2, 0) is 4.79 Å². The van der Waals surface area contributed by atoms with E-state index in [1.54, 1.807) is 6.20 Å². The quantitative estimate of drug-likeness (QED) is 0.808. The molecule has 0 spiro atoms. The van der Waals surface area contributed by atoms with E-state index >= 15 is 0 Å². The van der Waals surface area contributed by atoms with E-state index in [4.69, 9.17) is 0 Å². The van der Waals surface area contributed by atoms with Crippen LogP contribution in [0.2, 0.25) is 0 Å². The van der Waals surface area contributed by atoms with Crippen LogP contribution >= 0.6 is 11.8 Å². The second-order valence-corrected chi connectivity index (χ2v) is 8.86. The number of pyridine rings is 1. The molecule has 6 heteroatoms. The van der Waals surface area contributed by atoms with Crippen LogP contribution in [0.15, 0.2) is 24.5 Å². The number of thioether (sulfide) groups is 1. The maximum atomic E-state index is 13.4. The number of rotatable bonds is 4. The number of likely N-dealkylation sites (tertiary alicyclic amines) is 2. The molecule has 3 saturated heterocycles. The number of piperidine rings is 1. The smallest absolute Gasteiger partial charge is 0.244 e. The highest BCUT2D eigenvalue weighted by atomic mass is 32.2. The minimum atomic E-state index is -0.144. The van der Waals surface area contributed by atoms with Crippen LogP contribution in [0.1, 0.15) is 37.3 Å². The molecule has 3 aliphatic heterocycles. The van der Waals surface area contributed by atoms with Gasteiger partial charge in [-0.25, -0.2) is 0 Å². The number of hydrogen-bond donors (Lipinski definition) is 0. The second kappa shape index (κ2) is 8.72. The van der Waals surface area contributed by atoms with Crippen LogP contribution in [-0.4, -0.2) is 82.4 Å². The Morgan fingerprint density at radius 2 is 1.81 bits per heavy atom. The van der Waals surface area contributed by atoms with Gasteiger partial charge in [0.25, 0.3) is 0 Å². The Balaban J connectivity index is 1.41. The number of nitrogens with zero attached hydrogens (tertiary/aromatic N) is 4. The molecule has 1 aromatic heterocycles. The fourth-order valence-electron chi connectivity index (χ4n) is 4.61. The van der Waals surface area contributed by atoms with Crippen LogP contribution in [0.5, 0.6) is 0 Å². The van der Waals surface area contributed by atoms with Crippen LogP contribution in [0, 0.1) is 0 Å². The van der Waals surface area contributed by atoms with Gasteiger partial charge in [-0.3, -0.25) is 19.6 Å². The Bertz CT molecular complexity index is 579. The molecule has 1 amide bonds. The summed E-state index contributed by atoms with van der Waals surface area (Å²) in [5.41, 5.74) is 1.05. The van der Waals surface area contributed by atoms with Crippen molar-refractivity contribution in [3.05, 3.63) is 30.1 Å². The molecule has 1 unspecified atom stereocenters. The van der Waals surface area contributed by atoms with Gasteiger partial charge in [-0.15, -0.1) is 0 Å². The van der Waals surface area contributed by atoms with E-state index in [1.807, 2.05) is 12.3 Å². The van der Waals surface area contributed by atoms with Gasteiger partial charge in [0.2, 0.25) is 5.91 Å². The fraction of sp³-hybridized carbons (Fsp3) is 0.700. The lowest BCUT2D eigenvalue weighted by atomic mass is 10.00. The Morgan fingerprint density at radius 1 is 1.08 bits per heavy atom. The van der Waals surface area contributed by atoms with Crippen LogP contribution in [0.3, 0.4) is 0 Å². The number of amides is 1.